The minimum Gasteiger partial charge on any atom is -0.480 e. The second-order valence-corrected chi connectivity index (χ2v) is 2.93. The molecule has 2 N–H and O–H groups in total. The lowest BCUT2D eigenvalue weighted by Gasteiger charge is -2.20. The quantitative estimate of drug-likeness (QED) is 0.612. The molecule has 0 spiro atoms. The van der Waals surface area contributed by atoms with Crippen LogP contribution in [-0.4, -0.2) is 27.1 Å². The van der Waals surface area contributed by atoms with Crippen LogP contribution < -0.4 is 5.32 Å². The summed E-state index contributed by atoms with van der Waals surface area (Å²) >= 11 is 0. The molecule has 2 heterocycles. The molecule has 0 amide bonds. The zero-order chi connectivity index (χ0) is 9.26. The number of fused-ring (bicyclic) bond motifs is 1. The van der Waals surface area contributed by atoms with Gasteiger partial charge in [-0.2, -0.15) is 0 Å². The highest BCUT2D eigenvalue weighted by Gasteiger charge is 2.24. The zero-order valence-electron chi connectivity index (χ0n) is 6.90. The third-order valence-electron chi connectivity index (χ3n) is 2.07. The van der Waals surface area contributed by atoms with Crippen molar-refractivity contribution in [2.75, 3.05) is 0 Å². The summed E-state index contributed by atoms with van der Waals surface area (Å²) in [5.74, 6) is -0.837. The molecule has 0 bridgehead atoms. The molecular formula is C8H9N3O2. The third kappa shape index (κ3) is 1.50. The number of aliphatic carboxylic acids is 1. The molecule has 0 radical (unpaired) electrons. The maximum atomic E-state index is 10.7. The smallest absolute Gasteiger partial charge is 0.321 e. The van der Waals surface area contributed by atoms with Gasteiger partial charge in [-0.25, -0.2) is 0 Å². The van der Waals surface area contributed by atoms with E-state index in [0.29, 0.717) is 13.0 Å². The Morgan fingerprint density at radius 2 is 2.15 bits per heavy atom. The lowest BCUT2D eigenvalue weighted by atomic mass is 10.1. The molecule has 1 atom stereocenters. The van der Waals surface area contributed by atoms with Crippen molar-refractivity contribution < 1.29 is 9.90 Å². The van der Waals surface area contributed by atoms with E-state index in [-0.39, 0.29) is 0 Å². The number of carboxylic acids is 1. The maximum absolute atomic E-state index is 10.7. The van der Waals surface area contributed by atoms with Crippen molar-refractivity contribution in [2.45, 2.75) is 19.0 Å². The Morgan fingerprint density at radius 1 is 1.46 bits per heavy atom. The van der Waals surface area contributed by atoms with Crippen molar-refractivity contribution in [3.63, 3.8) is 0 Å². The van der Waals surface area contributed by atoms with Crippen molar-refractivity contribution >= 4 is 5.97 Å². The molecule has 1 aromatic heterocycles. The Balaban J connectivity index is 2.24. The molecule has 5 nitrogen and oxygen atoms in total. The van der Waals surface area contributed by atoms with Gasteiger partial charge in [0.1, 0.15) is 6.04 Å². The molecule has 2 rings (SSSR count). The highest BCUT2D eigenvalue weighted by molar-refractivity contribution is 5.74. The molecule has 68 valence electrons. The van der Waals surface area contributed by atoms with Crippen LogP contribution in [0, 0.1) is 0 Å². The predicted molar refractivity (Wildman–Crippen MR) is 44.0 cm³/mol. The normalized spacial score (nSPS) is 20.8. The summed E-state index contributed by atoms with van der Waals surface area (Å²) in [6.45, 7) is 0.486. The van der Waals surface area contributed by atoms with Crippen LogP contribution in [0.5, 0.6) is 0 Å². The fourth-order valence-corrected chi connectivity index (χ4v) is 1.37. The average Bonchev–Trinajstić information content (AvgIpc) is 2.17. The summed E-state index contributed by atoms with van der Waals surface area (Å²) in [6.07, 6.45) is 3.61. The number of aromatic nitrogens is 2. The van der Waals surface area contributed by atoms with Gasteiger partial charge in [0.2, 0.25) is 0 Å². The van der Waals surface area contributed by atoms with Gasteiger partial charge in [0.25, 0.3) is 0 Å². The molecule has 0 aliphatic carbocycles. The van der Waals surface area contributed by atoms with Crippen LogP contribution in [0.15, 0.2) is 12.4 Å². The molecule has 0 aromatic carbocycles. The van der Waals surface area contributed by atoms with E-state index in [1.165, 1.54) is 0 Å². The van der Waals surface area contributed by atoms with Gasteiger partial charge in [0.05, 0.1) is 11.4 Å². The van der Waals surface area contributed by atoms with E-state index in [1.54, 1.807) is 12.4 Å². The van der Waals surface area contributed by atoms with E-state index >= 15 is 0 Å². The molecule has 0 fully saturated rings. The molecule has 1 aliphatic heterocycles. The standard InChI is InChI=1S/C8H9N3O2/c12-8(13)6-3-5-7(4-11-6)10-2-1-9-5/h1-2,6,11H,3-4H2,(H,12,13). The Kier molecular flexibility index (Phi) is 1.94. The Morgan fingerprint density at radius 3 is 2.85 bits per heavy atom. The summed E-state index contributed by atoms with van der Waals surface area (Å²) in [4.78, 5) is 18.8. The van der Waals surface area contributed by atoms with E-state index in [0.717, 1.165) is 11.4 Å². The van der Waals surface area contributed by atoms with E-state index in [1.807, 2.05) is 0 Å². The van der Waals surface area contributed by atoms with Crippen LogP contribution in [0.3, 0.4) is 0 Å². The number of nitrogens with one attached hydrogen (secondary N) is 1. The van der Waals surface area contributed by atoms with Crippen LogP contribution in [-0.2, 0) is 17.8 Å². The number of carbonyl (C=O) groups is 1. The van der Waals surface area contributed by atoms with Gasteiger partial charge in [0.15, 0.2) is 0 Å². The van der Waals surface area contributed by atoms with Gasteiger partial charge < -0.3 is 5.11 Å². The van der Waals surface area contributed by atoms with Crippen LogP contribution in [0.2, 0.25) is 0 Å². The second kappa shape index (κ2) is 3.10. The van der Waals surface area contributed by atoms with Crippen molar-refractivity contribution in [3.8, 4) is 0 Å². The number of hydrogen-bond acceptors (Lipinski definition) is 4. The molecule has 1 unspecified atom stereocenters. The summed E-state index contributed by atoms with van der Waals surface area (Å²) < 4.78 is 0. The topological polar surface area (TPSA) is 75.1 Å². The van der Waals surface area contributed by atoms with E-state index in [4.69, 9.17) is 5.11 Å². The summed E-state index contributed by atoms with van der Waals surface area (Å²) in [5, 5.41) is 11.6. The molecule has 1 aliphatic rings. The first-order valence-corrected chi connectivity index (χ1v) is 4.02. The van der Waals surface area contributed by atoms with Crippen LogP contribution in [0.25, 0.3) is 0 Å². The first-order valence-electron chi connectivity index (χ1n) is 4.02. The van der Waals surface area contributed by atoms with Crippen LogP contribution in [0.4, 0.5) is 0 Å². The summed E-state index contributed by atoms with van der Waals surface area (Å²) in [5.41, 5.74) is 1.63. The van der Waals surface area contributed by atoms with Gasteiger partial charge in [-0.3, -0.25) is 20.1 Å². The minimum absolute atomic E-state index is 0.415. The van der Waals surface area contributed by atoms with E-state index < -0.39 is 12.0 Å². The molecule has 5 heteroatoms. The third-order valence-corrected chi connectivity index (χ3v) is 2.07. The number of hydrogen-bond donors (Lipinski definition) is 2. The van der Waals surface area contributed by atoms with Crippen molar-refractivity contribution in [3.05, 3.63) is 23.8 Å². The van der Waals surface area contributed by atoms with Gasteiger partial charge >= 0.3 is 5.97 Å². The van der Waals surface area contributed by atoms with Crippen LogP contribution in [0.1, 0.15) is 11.4 Å². The highest BCUT2D eigenvalue weighted by atomic mass is 16.4. The first kappa shape index (κ1) is 8.12. The second-order valence-electron chi connectivity index (χ2n) is 2.93. The number of rotatable bonds is 1. The fraction of sp³-hybridized carbons (Fsp3) is 0.375. The van der Waals surface area contributed by atoms with Gasteiger partial charge in [-0.05, 0) is 0 Å². The fourth-order valence-electron chi connectivity index (χ4n) is 1.37. The minimum atomic E-state index is -0.837. The van der Waals surface area contributed by atoms with Crippen molar-refractivity contribution in [1.82, 2.24) is 15.3 Å². The summed E-state index contributed by atoms with van der Waals surface area (Å²) in [6, 6.07) is -0.524. The molecule has 0 saturated heterocycles. The lowest BCUT2D eigenvalue weighted by Crippen LogP contribution is -2.42. The van der Waals surface area contributed by atoms with Crippen LogP contribution >= 0.6 is 0 Å². The van der Waals surface area contributed by atoms with Crippen molar-refractivity contribution in [2.24, 2.45) is 0 Å². The SMILES string of the molecule is O=C(O)C1Cc2nccnc2CN1. The Hall–Kier alpha value is -1.49. The van der Waals surface area contributed by atoms with E-state index in [2.05, 4.69) is 15.3 Å². The largest absolute Gasteiger partial charge is 0.480 e. The molecule has 1 aromatic rings. The molecule has 13 heavy (non-hydrogen) atoms. The highest BCUT2D eigenvalue weighted by Crippen LogP contribution is 2.10. The monoisotopic (exact) mass is 179 g/mol. The Bertz CT molecular complexity index is 340. The van der Waals surface area contributed by atoms with Gasteiger partial charge in [0, 0.05) is 25.4 Å². The lowest BCUT2D eigenvalue weighted by molar-refractivity contribution is -0.139. The molecular weight excluding hydrogens is 170 g/mol. The predicted octanol–water partition coefficient (Wildman–Crippen LogP) is -0.425. The number of carboxylic acid groups (broad SMARTS) is 1. The van der Waals surface area contributed by atoms with Gasteiger partial charge in [-0.1, -0.05) is 0 Å². The average molecular weight is 179 g/mol. The van der Waals surface area contributed by atoms with E-state index in [9.17, 15) is 4.79 Å². The first-order chi connectivity index (χ1) is 6.27. The summed E-state index contributed by atoms with van der Waals surface area (Å²) in [7, 11) is 0. The van der Waals surface area contributed by atoms with Crippen molar-refractivity contribution in [1.29, 1.82) is 0 Å². The Labute approximate surface area is 74.8 Å². The van der Waals surface area contributed by atoms with Gasteiger partial charge in [-0.15, -0.1) is 0 Å². The molecule has 0 saturated carbocycles. The number of nitrogens with zero attached hydrogens (tertiary/aromatic N) is 2. The zero-order valence-corrected chi connectivity index (χ0v) is 6.90. The maximum Gasteiger partial charge on any atom is 0.321 e.